The maximum absolute atomic E-state index is 12.9. The van der Waals surface area contributed by atoms with Gasteiger partial charge in [0.2, 0.25) is 0 Å². The summed E-state index contributed by atoms with van der Waals surface area (Å²) in [6.45, 7) is 4.84. The third-order valence-electron chi connectivity index (χ3n) is 13.4. The Morgan fingerprint density at radius 3 is 1.09 bits per heavy atom. The van der Waals surface area contributed by atoms with Crippen molar-refractivity contribution in [3.63, 3.8) is 0 Å². The second-order valence-corrected chi connectivity index (χ2v) is 22.0. The molecule has 0 bridgehead atoms. The number of aliphatic carboxylic acids is 1. The Hall–Kier alpha value is -3.27. The van der Waals surface area contributed by atoms with Crippen molar-refractivity contribution < 1.29 is 42.9 Å². The predicted molar refractivity (Wildman–Crippen MR) is 318 cm³/mol. The van der Waals surface area contributed by atoms with E-state index in [4.69, 9.17) is 18.9 Å². The maximum Gasteiger partial charge on any atom is 0.361 e. The standard InChI is InChI=1S/C66H117NO8/c1-6-8-10-12-14-16-18-20-22-24-26-27-28-29-30-31-32-33-34-35-36-37-39-41-43-45-47-49-51-53-55-57-64(69)75-62(61-74-66(65(70)71)72-59-58-67(3,4)5)60-73-63(68)56-54-52-50-48-46-44-42-40-38-25-23-21-19-17-15-13-11-9-7-2/h15,17-18,20-21,23-24,26,28-29,38,40,62,66H,6-14,16,19,22,25,27,30-37,39,41-61H2,1-5H3/p+1/b17-15-,20-18-,23-21-,26-24-,29-28-,40-38-. The van der Waals surface area contributed by atoms with Crippen molar-refractivity contribution >= 4 is 17.9 Å². The highest BCUT2D eigenvalue weighted by Crippen LogP contribution is 2.16. The zero-order valence-corrected chi connectivity index (χ0v) is 49.4. The van der Waals surface area contributed by atoms with Crippen LogP contribution in [-0.4, -0.2) is 87.4 Å². The summed E-state index contributed by atoms with van der Waals surface area (Å²) in [7, 11) is 5.97. The summed E-state index contributed by atoms with van der Waals surface area (Å²) in [5.74, 6) is -2.02. The Kier molecular flexibility index (Phi) is 54.4. The molecule has 0 aromatic rings. The number of rotatable bonds is 57. The van der Waals surface area contributed by atoms with Crippen LogP contribution in [0, 0.1) is 0 Å². The van der Waals surface area contributed by atoms with Gasteiger partial charge in [0.25, 0.3) is 6.29 Å². The molecule has 0 saturated carbocycles. The first-order chi connectivity index (χ1) is 36.6. The van der Waals surface area contributed by atoms with Crippen molar-refractivity contribution in [3.05, 3.63) is 72.9 Å². The van der Waals surface area contributed by atoms with Crippen LogP contribution in [0.25, 0.3) is 0 Å². The largest absolute Gasteiger partial charge is 0.477 e. The number of quaternary nitrogens is 1. The summed E-state index contributed by atoms with van der Waals surface area (Å²) in [5, 5.41) is 9.71. The van der Waals surface area contributed by atoms with E-state index >= 15 is 0 Å². The summed E-state index contributed by atoms with van der Waals surface area (Å²) >= 11 is 0. The van der Waals surface area contributed by atoms with Gasteiger partial charge in [-0.1, -0.05) is 241 Å². The van der Waals surface area contributed by atoms with Crippen molar-refractivity contribution in [2.75, 3.05) is 47.5 Å². The minimum atomic E-state index is -1.52. The van der Waals surface area contributed by atoms with Gasteiger partial charge >= 0.3 is 17.9 Å². The van der Waals surface area contributed by atoms with E-state index < -0.39 is 24.3 Å². The van der Waals surface area contributed by atoms with E-state index in [-0.39, 0.29) is 38.6 Å². The Balaban J connectivity index is 4.17. The van der Waals surface area contributed by atoms with Gasteiger partial charge in [-0.2, -0.15) is 0 Å². The molecule has 75 heavy (non-hydrogen) atoms. The fourth-order valence-electron chi connectivity index (χ4n) is 8.62. The zero-order valence-electron chi connectivity index (χ0n) is 49.4. The number of ether oxygens (including phenoxy) is 4. The average molecular weight is 1050 g/mol. The first kappa shape index (κ1) is 71.7. The van der Waals surface area contributed by atoms with Crippen molar-refractivity contribution in [1.82, 2.24) is 0 Å². The Morgan fingerprint density at radius 2 is 0.720 bits per heavy atom. The molecule has 0 fully saturated rings. The molecule has 434 valence electrons. The van der Waals surface area contributed by atoms with E-state index in [1.54, 1.807) is 0 Å². The zero-order chi connectivity index (χ0) is 54.8. The van der Waals surface area contributed by atoms with Gasteiger partial charge in [-0.05, 0) is 89.9 Å². The number of carboxylic acid groups (broad SMARTS) is 1. The highest BCUT2D eigenvalue weighted by Gasteiger charge is 2.25. The molecule has 0 aromatic heterocycles. The minimum absolute atomic E-state index is 0.183. The van der Waals surface area contributed by atoms with Crippen molar-refractivity contribution in [3.8, 4) is 0 Å². The molecule has 0 amide bonds. The van der Waals surface area contributed by atoms with Crippen LogP contribution in [0.5, 0.6) is 0 Å². The van der Waals surface area contributed by atoms with Crippen molar-refractivity contribution in [2.24, 2.45) is 0 Å². The average Bonchev–Trinajstić information content (AvgIpc) is 3.38. The molecule has 2 atom stereocenters. The maximum atomic E-state index is 12.9. The van der Waals surface area contributed by atoms with Crippen LogP contribution in [0.1, 0.15) is 271 Å². The number of carbonyl (C=O) groups is 3. The molecule has 0 heterocycles. The second kappa shape index (κ2) is 56.9. The van der Waals surface area contributed by atoms with Crippen LogP contribution in [-0.2, 0) is 33.3 Å². The lowest BCUT2D eigenvalue weighted by Gasteiger charge is -2.25. The first-order valence-electron chi connectivity index (χ1n) is 31.1. The molecule has 0 aliphatic rings. The predicted octanol–water partition coefficient (Wildman–Crippen LogP) is 18.6. The van der Waals surface area contributed by atoms with E-state index in [2.05, 4.69) is 86.8 Å². The highest BCUT2D eigenvalue weighted by atomic mass is 16.7. The molecule has 0 saturated heterocycles. The van der Waals surface area contributed by atoms with E-state index in [9.17, 15) is 19.5 Å². The SMILES string of the molecule is CCCCC/C=C\C/C=C\C/C=C\CCCCCCCCC(=O)OCC(COC(OCC[N+](C)(C)C)C(=O)O)OC(=O)CCCCCCCCCCCCCCCCCC/C=C\C/C=C\C/C=C\CCCCCCC. The first-order valence-corrected chi connectivity index (χ1v) is 31.1. The van der Waals surface area contributed by atoms with Crippen LogP contribution in [0.4, 0.5) is 0 Å². The lowest BCUT2D eigenvalue weighted by atomic mass is 10.0. The number of hydrogen-bond acceptors (Lipinski definition) is 7. The number of likely N-dealkylation sites (N-methyl/N-ethyl adjacent to an activating group) is 1. The number of hydrogen-bond donors (Lipinski definition) is 1. The Morgan fingerprint density at radius 1 is 0.400 bits per heavy atom. The van der Waals surface area contributed by atoms with Gasteiger partial charge in [-0.15, -0.1) is 0 Å². The molecule has 0 radical (unpaired) electrons. The molecular formula is C66H118NO8+. The highest BCUT2D eigenvalue weighted by molar-refractivity contribution is 5.71. The number of nitrogens with zero attached hydrogens (tertiary/aromatic N) is 1. The van der Waals surface area contributed by atoms with Gasteiger partial charge in [0.05, 0.1) is 34.4 Å². The van der Waals surface area contributed by atoms with Gasteiger partial charge < -0.3 is 28.5 Å². The second-order valence-electron chi connectivity index (χ2n) is 22.0. The quantitative estimate of drug-likeness (QED) is 0.0211. The van der Waals surface area contributed by atoms with Gasteiger partial charge in [-0.25, -0.2) is 4.79 Å². The van der Waals surface area contributed by atoms with Crippen LogP contribution >= 0.6 is 0 Å². The monoisotopic (exact) mass is 1050 g/mol. The molecule has 9 heteroatoms. The molecule has 0 spiro atoms. The van der Waals surface area contributed by atoms with Crippen LogP contribution < -0.4 is 0 Å². The van der Waals surface area contributed by atoms with E-state index in [1.807, 2.05) is 21.1 Å². The topological polar surface area (TPSA) is 108 Å². The third kappa shape index (κ3) is 58.3. The van der Waals surface area contributed by atoms with E-state index in [0.717, 1.165) is 77.0 Å². The number of unbranched alkanes of at least 4 members (excludes halogenated alkanes) is 30. The fourth-order valence-corrected chi connectivity index (χ4v) is 8.62. The van der Waals surface area contributed by atoms with E-state index in [0.29, 0.717) is 11.0 Å². The summed E-state index contributed by atoms with van der Waals surface area (Å²) in [6, 6.07) is 0. The van der Waals surface area contributed by atoms with Gasteiger partial charge in [0.1, 0.15) is 13.2 Å². The molecule has 2 unspecified atom stereocenters. The molecule has 9 nitrogen and oxygen atoms in total. The molecular weight excluding hydrogens is 935 g/mol. The minimum Gasteiger partial charge on any atom is -0.477 e. The van der Waals surface area contributed by atoms with Gasteiger partial charge in [0.15, 0.2) is 6.10 Å². The molecule has 0 aliphatic carbocycles. The fraction of sp³-hybridized carbons (Fsp3) is 0.773. The third-order valence-corrected chi connectivity index (χ3v) is 13.4. The lowest BCUT2D eigenvalue weighted by Crippen LogP contribution is -2.40. The Bertz CT molecular complexity index is 1460. The number of carbonyl (C=O) groups excluding carboxylic acids is 2. The molecule has 0 aromatic carbocycles. The lowest BCUT2D eigenvalue weighted by molar-refractivity contribution is -0.870. The molecule has 1 N–H and O–H groups in total. The smallest absolute Gasteiger partial charge is 0.361 e. The number of esters is 2. The van der Waals surface area contributed by atoms with Gasteiger partial charge in [0, 0.05) is 12.8 Å². The van der Waals surface area contributed by atoms with Crippen LogP contribution in [0.3, 0.4) is 0 Å². The summed E-state index contributed by atoms with van der Waals surface area (Å²) < 4.78 is 22.9. The number of allylic oxidation sites excluding steroid dienone is 12. The summed E-state index contributed by atoms with van der Waals surface area (Å²) in [5.41, 5.74) is 0. The van der Waals surface area contributed by atoms with Crippen LogP contribution in [0.15, 0.2) is 72.9 Å². The van der Waals surface area contributed by atoms with Crippen LogP contribution in [0.2, 0.25) is 0 Å². The number of carboxylic acids is 1. The van der Waals surface area contributed by atoms with Crippen molar-refractivity contribution in [1.29, 1.82) is 0 Å². The normalized spacial score (nSPS) is 13.2. The van der Waals surface area contributed by atoms with Gasteiger partial charge in [-0.3, -0.25) is 9.59 Å². The van der Waals surface area contributed by atoms with E-state index in [1.165, 1.54) is 167 Å². The van der Waals surface area contributed by atoms with Crippen molar-refractivity contribution in [2.45, 2.75) is 283 Å². The molecule has 0 aliphatic heterocycles. The molecule has 0 rings (SSSR count). The Labute approximate surface area is 462 Å². The summed E-state index contributed by atoms with van der Waals surface area (Å²) in [6.07, 6.45) is 71.3. The summed E-state index contributed by atoms with van der Waals surface area (Å²) in [4.78, 5) is 37.5.